The molecule has 1 aromatic rings. The predicted octanol–water partition coefficient (Wildman–Crippen LogP) is 1.02. The number of carbonyl (C=O) groups excluding carboxylic acids is 1. The minimum absolute atomic E-state index is 0.0316. The van der Waals surface area contributed by atoms with E-state index in [-0.39, 0.29) is 18.5 Å². The molecule has 2 unspecified atom stereocenters. The Morgan fingerprint density at radius 2 is 2.31 bits per heavy atom. The average molecular weight is 224 g/mol. The van der Waals surface area contributed by atoms with Gasteiger partial charge < -0.3 is 11.1 Å². The molecular weight excluding hydrogens is 204 g/mol. The molecule has 0 saturated heterocycles. The van der Waals surface area contributed by atoms with Gasteiger partial charge in [0.1, 0.15) is 6.54 Å². The number of carbonyl (C=O) groups is 1. The Bertz CT molecular complexity index is 348. The smallest absolute Gasteiger partial charge is 0.241 e. The van der Waals surface area contributed by atoms with Gasteiger partial charge in [0.25, 0.3) is 0 Å². The van der Waals surface area contributed by atoms with Crippen LogP contribution < -0.4 is 11.1 Å². The van der Waals surface area contributed by atoms with Crippen molar-refractivity contribution in [2.24, 2.45) is 5.92 Å². The molecule has 90 valence electrons. The second-order valence-corrected chi connectivity index (χ2v) is 4.21. The number of nitrogen functional groups attached to an aromatic ring is 1. The van der Waals surface area contributed by atoms with Crippen molar-refractivity contribution in [3.63, 3.8) is 0 Å². The van der Waals surface area contributed by atoms with Crippen LogP contribution in [0.3, 0.4) is 0 Å². The van der Waals surface area contributed by atoms with Crippen molar-refractivity contribution >= 4 is 11.6 Å². The van der Waals surface area contributed by atoms with Gasteiger partial charge >= 0.3 is 0 Å². The van der Waals surface area contributed by atoms with Crippen LogP contribution in [-0.4, -0.2) is 21.7 Å². The van der Waals surface area contributed by atoms with E-state index in [9.17, 15) is 4.79 Å². The molecule has 1 rings (SSSR count). The molecule has 0 saturated carbocycles. The van der Waals surface area contributed by atoms with Gasteiger partial charge in [-0.25, -0.2) is 0 Å². The van der Waals surface area contributed by atoms with Gasteiger partial charge in [-0.15, -0.1) is 0 Å². The van der Waals surface area contributed by atoms with E-state index in [0.717, 1.165) is 6.42 Å². The summed E-state index contributed by atoms with van der Waals surface area (Å²) < 4.78 is 1.54. The summed E-state index contributed by atoms with van der Waals surface area (Å²) in [6, 6.07) is 0.186. The molecule has 1 aromatic heterocycles. The Morgan fingerprint density at radius 3 is 2.81 bits per heavy atom. The maximum absolute atomic E-state index is 11.6. The lowest BCUT2D eigenvalue weighted by atomic mass is 10.0. The van der Waals surface area contributed by atoms with E-state index in [2.05, 4.69) is 24.3 Å². The number of nitrogens with zero attached hydrogens (tertiary/aromatic N) is 2. The van der Waals surface area contributed by atoms with Crippen LogP contribution in [0.25, 0.3) is 0 Å². The van der Waals surface area contributed by atoms with Crippen LogP contribution in [0.2, 0.25) is 0 Å². The molecule has 0 radical (unpaired) electrons. The van der Waals surface area contributed by atoms with Crippen LogP contribution in [0.1, 0.15) is 27.2 Å². The first kappa shape index (κ1) is 12.5. The first-order chi connectivity index (χ1) is 7.52. The number of aromatic nitrogens is 2. The third-order valence-electron chi connectivity index (χ3n) is 2.84. The van der Waals surface area contributed by atoms with Crippen LogP contribution in [0, 0.1) is 5.92 Å². The molecule has 0 aromatic carbocycles. The highest BCUT2D eigenvalue weighted by atomic mass is 16.2. The zero-order chi connectivity index (χ0) is 12.1. The van der Waals surface area contributed by atoms with Gasteiger partial charge in [0.15, 0.2) is 0 Å². The van der Waals surface area contributed by atoms with Crippen molar-refractivity contribution < 1.29 is 4.79 Å². The summed E-state index contributed by atoms with van der Waals surface area (Å²) in [6.07, 6.45) is 4.23. The minimum atomic E-state index is -0.0316. The van der Waals surface area contributed by atoms with Gasteiger partial charge in [0.2, 0.25) is 5.91 Å². The summed E-state index contributed by atoms with van der Waals surface area (Å²) in [5.74, 6) is 0.447. The third-order valence-corrected chi connectivity index (χ3v) is 2.84. The fourth-order valence-electron chi connectivity index (χ4n) is 1.41. The molecule has 0 aliphatic rings. The van der Waals surface area contributed by atoms with Crippen LogP contribution >= 0.6 is 0 Å². The highest BCUT2D eigenvalue weighted by molar-refractivity contribution is 5.76. The fraction of sp³-hybridized carbons (Fsp3) is 0.636. The lowest BCUT2D eigenvalue weighted by Crippen LogP contribution is -2.38. The average Bonchev–Trinajstić information content (AvgIpc) is 2.62. The molecule has 0 bridgehead atoms. The summed E-state index contributed by atoms with van der Waals surface area (Å²) in [6.45, 7) is 6.47. The second-order valence-electron chi connectivity index (χ2n) is 4.21. The summed E-state index contributed by atoms with van der Waals surface area (Å²) in [5, 5.41) is 6.91. The first-order valence-electron chi connectivity index (χ1n) is 5.60. The zero-order valence-electron chi connectivity index (χ0n) is 10.1. The fourth-order valence-corrected chi connectivity index (χ4v) is 1.41. The topological polar surface area (TPSA) is 72.9 Å². The summed E-state index contributed by atoms with van der Waals surface area (Å²) in [7, 11) is 0. The molecule has 2 atom stereocenters. The lowest BCUT2D eigenvalue weighted by Gasteiger charge is -2.19. The van der Waals surface area contributed by atoms with Crippen molar-refractivity contribution in [1.29, 1.82) is 0 Å². The normalized spacial score (nSPS) is 14.4. The van der Waals surface area contributed by atoms with Crippen molar-refractivity contribution in [3.8, 4) is 0 Å². The first-order valence-corrected chi connectivity index (χ1v) is 5.60. The van der Waals surface area contributed by atoms with Crippen LogP contribution in [0.15, 0.2) is 12.4 Å². The molecule has 16 heavy (non-hydrogen) atoms. The van der Waals surface area contributed by atoms with E-state index in [0.29, 0.717) is 11.6 Å². The van der Waals surface area contributed by atoms with Crippen molar-refractivity contribution in [2.45, 2.75) is 39.8 Å². The van der Waals surface area contributed by atoms with E-state index in [1.807, 2.05) is 6.92 Å². The number of nitrogens with two attached hydrogens (primary N) is 1. The minimum Gasteiger partial charge on any atom is -0.396 e. The van der Waals surface area contributed by atoms with Crippen LogP contribution in [-0.2, 0) is 11.3 Å². The molecule has 1 heterocycles. The maximum atomic E-state index is 11.6. The standard InChI is InChI=1S/C11H20N4O/c1-4-8(2)9(3)14-11(16)7-15-6-10(12)5-13-15/h5-6,8-9H,4,7,12H2,1-3H3,(H,14,16). The van der Waals surface area contributed by atoms with Gasteiger partial charge in [-0.3, -0.25) is 9.48 Å². The summed E-state index contributed by atoms with van der Waals surface area (Å²) in [5.41, 5.74) is 6.08. The number of anilines is 1. The molecule has 0 spiro atoms. The van der Waals surface area contributed by atoms with Crippen molar-refractivity contribution in [3.05, 3.63) is 12.4 Å². The van der Waals surface area contributed by atoms with E-state index >= 15 is 0 Å². The van der Waals surface area contributed by atoms with E-state index in [1.165, 1.54) is 10.9 Å². The molecular formula is C11H20N4O. The Kier molecular flexibility index (Phi) is 4.34. The maximum Gasteiger partial charge on any atom is 0.241 e. The number of amides is 1. The second kappa shape index (κ2) is 5.53. The molecule has 1 amide bonds. The monoisotopic (exact) mass is 224 g/mol. The number of hydrogen-bond acceptors (Lipinski definition) is 3. The number of hydrogen-bond donors (Lipinski definition) is 2. The van der Waals surface area contributed by atoms with Crippen molar-refractivity contribution in [2.75, 3.05) is 5.73 Å². The Balaban J connectivity index is 2.42. The van der Waals surface area contributed by atoms with Gasteiger partial charge in [-0.05, 0) is 12.8 Å². The quantitative estimate of drug-likeness (QED) is 0.784. The molecule has 5 heteroatoms. The Hall–Kier alpha value is -1.52. The zero-order valence-corrected chi connectivity index (χ0v) is 10.1. The SMILES string of the molecule is CCC(C)C(C)NC(=O)Cn1cc(N)cn1. The highest BCUT2D eigenvalue weighted by Crippen LogP contribution is 2.06. The molecule has 3 N–H and O–H groups in total. The largest absolute Gasteiger partial charge is 0.396 e. The Labute approximate surface area is 96.0 Å². The molecule has 5 nitrogen and oxygen atoms in total. The number of nitrogens with one attached hydrogen (secondary N) is 1. The predicted molar refractivity (Wildman–Crippen MR) is 63.7 cm³/mol. The third kappa shape index (κ3) is 3.56. The van der Waals surface area contributed by atoms with Gasteiger partial charge in [0, 0.05) is 12.2 Å². The van der Waals surface area contributed by atoms with Gasteiger partial charge in [-0.2, -0.15) is 5.10 Å². The van der Waals surface area contributed by atoms with E-state index in [1.54, 1.807) is 6.20 Å². The summed E-state index contributed by atoms with van der Waals surface area (Å²) >= 11 is 0. The van der Waals surface area contributed by atoms with Gasteiger partial charge in [-0.1, -0.05) is 20.3 Å². The Morgan fingerprint density at radius 1 is 1.62 bits per heavy atom. The van der Waals surface area contributed by atoms with Gasteiger partial charge in [0.05, 0.1) is 11.9 Å². The van der Waals surface area contributed by atoms with Crippen molar-refractivity contribution in [1.82, 2.24) is 15.1 Å². The van der Waals surface area contributed by atoms with E-state index < -0.39 is 0 Å². The molecule has 0 aliphatic heterocycles. The molecule has 0 aliphatic carbocycles. The van der Waals surface area contributed by atoms with Crippen LogP contribution in [0.4, 0.5) is 5.69 Å². The van der Waals surface area contributed by atoms with Crippen LogP contribution in [0.5, 0.6) is 0 Å². The lowest BCUT2D eigenvalue weighted by molar-refractivity contribution is -0.122. The number of rotatable bonds is 5. The van der Waals surface area contributed by atoms with E-state index in [4.69, 9.17) is 5.73 Å². The highest BCUT2D eigenvalue weighted by Gasteiger charge is 2.13. The molecule has 0 fully saturated rings. The summed E-state index contributed by atoms with van der Waals surface area (Å²) in [4.78, 5) is 11.6.